The Morgan fingerprint density at radius 2 is 1.77 bits per heavy atom. The van der Waals surface area contributed by atoms with Crippen molar-refractivity contribution in [3.05, 3.63) is 59.9 Å². The van der Waals surface area contributed by atoms with E-state index >= 15 is 0 Å². The molecule has 1 aliphatic rings. The molecule has 1 saturated heterocycles. The van der Waals surface area contributed by atoms with Crippen LogP contribution in [0.3, 0.4) is 0 Å². The van der Waals surface area contributed by atoms with Crippen LogP contribution in [0.4, 0.5) is 23.3 Å². The molecule has 0 bridgehead atoms. The van der Waals surface area contributed by atoms with Crippen molar-refractivity contribution in [3.63, 3.8) is 0 Å². The molecule has 0 atom stereocenters. The molecule has 1 fully saturated rings. The van der Waals surface area contributed by atoms with Gasteiger partial charge in [0.1, 0.15) is 12.3 Å². The normalized spacial score (nSPS) is 14.5. The van der Waals surface area contributed by atoms with E-state index in [1.54, 1.807) is 7.11 Å². The van der Waals surface area contributed by atoms with Crippen LogP contribution in [0.2, 0.25) is 0 Å². The van der Waals surface area contributed by atoms with Crippen molar-refractivity contribution in [3.8, 4) is 5.75 Å². The van der Waals surface area contributed by atoms with Crippen molar-refractivity contribution >= 4 is 23.3 Å². The average molecular weight is 407 g/mol. The molecule has 8 nitrogen and oxygen atoms in total. The Bertz CT molecular complexity index is 985. The molecular formula is C22H28N7O+. The SMILES string of the molecule is COc1ccccc1N1CC[NH+](Cc2nc(N)nc(Nc3ccc(C)cc3)n2)CC1. The van der Waals surface area contributed by atoms with Crippen molar-refractivity contribution in [2.45, 2.75) is 13.5 Å². The maximum Gasteiger partial charge on any atom is 0.232 e. The number of quaternary nitrogens is 1. The third-order valence-corrected chi connectivity index (χ3v) is 5.31. The highest BCUT2D eigenvalue weighted by atomic mass is 16.5. The molecule has 3 aromatic rings. The molecule has 0 aliphatic carbocycles. The highest BCUT2D eigenvalue weighted by Gasteiger charge is 2.23. The molecule has 156 valence electrons. The summed E-state index contributed by atoms with van der Waals surface area (Å²) in [6.45, 7) is 6.65. The van der Waals surface area contributed by atoms with Crippen LogP contribution in [-0.4, -0.2) is 48.2 Å². The van der Waals surface area contributed by atoms with E-state index in [-0.39, 0.29) is 5.95 Å². The van der Waals surface area contributed by atoms with Gasteiger partial charge in [-0.2, -0.15) is 15.0 Å². The number of nitrogens with one attached hydrogen (secondary N) is 2. The highest BCUT2D eigenvalue weighted by molar-refractivity contribution is 5.58. The van der Waals surface area contributed by atoms with Gasteiger partial charge < -0.3 is 25.6 Å². The first kappa shape index (κ1) is 19.9. The van der Waals surface area contributed by atoms with Crippen molar-refractivity contribution < 1.29 is 9.64 Å². The van der Waals surface area contributed by atoms with Crippen LogP contribution in [-0.2, 0) is 6.54 Å². The van der Waals surface area contributed by atoms with Gasteiger partial charge in [-0.05, 0) is 31.2 Å². The summed E-state index contributed by atoms with van der Waals surface area (Å²) in [5, 5.41) is 3.22. The van der Waals surface area contributed by atoms with E-state index in [2.05, 4.69) is 38.2 Å². The Kier molecular flexibility index (Phi) is 5.94. The highest BCUT2D eigenvalue weighted by Crippen LogP contribution is 2.27. The van der Waals surface area contributed by atoms with Gasteiger partial charge in [-0.15, -0.1) is 0 Å². The molecule has 30 heavy (non-hydrogen) atoms. The average Bonchev–Trinajstić information content (AvgIpc) is 2.75. The number of para-hydroxylation sites is 2. The first-order valence-electron chi connectivity index (χ1n) is 10.2. The van der Waals surface area contributed by atoms with E-state index in [9.17, 15) is 0 Å². The molecule has 1 aliphatic heterocycles. The van der Waals surface area contributed by atoms with Gasteiger partial charge in [0.15, 0.2) is 5.82 Å². The first-order valence-corrected chi connectivity index (χ1v) is 10.2. The van der Waals surface area contributed by atoms with Crippen LogP contribution >= 0.6 is 0 Å². The van der Waals surface area contributed by atoms with Crippen LogP contribution in [0.25, 0.3) is 0 Å². The summed E-state index contributed by atoms with van der Waals surface area (Å²) in [5.74, 6) is 2.34. The fraction of sp³-hybridized carbons (Fsp3) is 0.318. The Morgan fingerprint density at radius 1 is 1.03 bits per heavy atom. The van der Waals surface area contributed by atoms with Crippen LogP contribution in [0.5, 0.6) is 5.75 Å². The van der Waals surface area contributed by atoms with Gasteiger partial charge in [-0.25, -0.2) is 0 Å². The van der Waals surface area contributed by atoms with Crippen LogP contribution in [0.1, 0.15) is 11.4 Å². The largest absolute Gasteiger partial charge is 0.495 e. The number of nitrogens with zero attached hydrogens (tertiary/aromatic N) is 4. The number of methoxy groups -OCH3 is 1. The summed E-state index contributed by atoms with van der Waals surface area (Å²) < 4.78 is 5.51. The van der Waals surface area contributed by atoms with Gasteiger partial charge in [0, 0.05) is 5.69 Å². The zero-order valence-electron chi connectivity index (χ0n) is 17.4. The number of ether oxygens (including phenoxy) is 1. The predicted molar refractivity (Wildman–Crippen MR) is 118 cm³/mol. The van der Waals surface area contributed by atoms with Gasteiger partial charge in [0.05, 0.1) is 39.0 Å². The molecule has 2 aromatic carbocycles. The Morgan fingerprint density at radius 3 is 2.50 bits per heavy atom. The van der Waals surface area contributed by atoms with E-state index < -0.39 is 0 Å². The number of hydrogen-bond acceptors (Lipinski definition) is 7. The Hall–Kier alpha value is -3.39. The number of piperazine rings is 1. The van der Waals surface area contributed by atoms with E-state index in [0.29, 0.717) is 11.8 Å². The summed E-state index contributed by atoms with van der Waals surface area (Å²) in [5.41, 5.74) is 9.21. The van der Waals surface area contributed by atoms with Crippen molar-refractivity contribution in [1.82, 2.24) is 15.0 Å². The summed E-state index contributed by atoms with van der Waals surface area (Å²) in [4.78, 5) is 17.0. The number of nitrogen functional groups attached to an aromatic ring is 1. The van der Waals surface area contributed by atoms with Crippen LogP contribution in [0, 0.1) is 6.92 Å². The van der Waals surface area contributed by atoms with E-state index in [0.717, 1.165) is 49.8 Å². The molecule has 2 heterocycles. The summed E-state index contributed by atoms with van der Waals surface area (Å²) in [7, 11) is 1.72. The van der Waals surface area contributed by atoms with Crippen molar-refractivity contribution in [1.29, 1.82) is 0 Å². The monoisotopic (exact) mass is 406 g/mol. The number of nitrogens with two attached hydrogens (primary N) is 1. The van der Waals surface area contributed by atoms with Crippen molar-refractivity contribution in [2.75, 3.05) is 49.2 Å². The number of aromatic nitrogens is 3. The topological polar surface area (TPSA) is 93.6 Å². The second kappa shape index (κ2) is 8.96. The molecule has 0 radical (unpaired) electrons. The molecule has 8 heteroatoms. The molecule has 4 N–H and O–H groups in total. The van der Waals surface area contributed by atoms with Crippen LogP contribution < -0.4 is 25.6 Å². The number of benzene rings is 2. The number of anilines is 4. The summed E-state index contributed by atoms with van der Waals surface area (Å²) in [6.07, 6.45) is 0. The van der Waals surface area contributed by atoms with Gasteiger partial charge in [-0.3, -0.25) is 0 Å². The quantitative estimate of drug-likeness (QED) is 0.570. The Balaban J connectivity index is 1.39. The Labute approximate surface area is 176 Å². The molecule has 0 amide bonds. The standard InChI is InChI=1S/C22H27N7O/c1-16-7-9-17(10-8-16)24-22-26-20(25-21(23)27-22)15-28-11-13-29(14-12-28)18-5-3-4-6-19(18)30-2/h3-10H,11-15H2,1-2H3,(H3,23,24,25,26,27)/p+1. The summed E-state index contributed by atoms with van der Waals surface area (Å²) >= 11 is 0. The lowest BCUT2D eigenvalue weighted by atomic mass is 10.2. The second-order valence-electron chi connectivity index (χ2n) is 7.51. The lowest BCUT2D eigenvalue weighted by molar-refractivity contribution is -0.915. The lowest BCUT2D eigenvalue weighted by Gasteiger charge is -2.34. The third-order valence-electron chi connectivity index (χ3n) is 5.31. The minimum absolute atomic E-state index is 0.238. The van der Waals surface area contributed by atoms with E-state index in [4.69, 9.17) is 10.5 Å². The maximum atomic E-state index is 5.94. The maximum absolute atomic E-state index is 5.94. The fourth-order valence-electron chi connectivity index (χ4n) is 3.69. The van der Waals surface area contributed by atoms with Gasteiger partial charge in [-0.1, -0.05) is 29.8 Å². The predicted octanol–water partition coefficient (Wildman–Crippen LogP) is 1.42. The zero-order chi connectivity index (χ0) is 20.9. The number of rotatable bonds is 6. The minimum Gasteiger partial charge on any atom is -0.495 e. The van der Waals surface area contributed by atoms with Gasteiger partial charge in [0.2, 0.25) is 11.9 Å². The molecule has 0 unspecified atom stereocenters. The molecule has 4 rings (SSSR count). The van der Waals surface area contributed by atoms with Crippen LogP contribution in [0.15, 0.2) is 48.5 Å². The third kappa shape index (κ3) is 4.77. The molecular weight excluding hydrogens is 378 g/mol. The van der Waals surface area contributed by atoms with Gasteiger partial charge >= 0.3 is 0 Å². The van der Waals surface area contributed by atoms with E-state index in [1.165, 1.54) is 10.5 Å². The smallest absolute Gasteiger partial charge is 0.232 e. The first-order chi connectivity index (χ1) is 14.6. The van der Waals surface area contributed by atoms with E-state index in [1.807, 2.05) is 42.5 Å². The van der Waals surface area contributed by atoms with Gasteiger partial charge in [0.25, 0.3) is 0 Å². The fourth-order valence-corrected chi connectivity index (χ4v) is 3.69. The summed E-state index contributed by atoms with van der Waals surface area (Å²) in [6, 6.07) is 16.2. The molecule has 0 saturated carbocycles. The molecule has 1 aromatic heterocycles. The zero-order valence-corrected chi connectivity index (χ0v) is 17.4. The number of hydrogen-bond donors (Lipinski definition) is 3. The molecule has 0 spiro atoms. The second-order valence-corrected chi connectivity index (χ2v) is 7.51. The number of aryl methyl sites for hydroxylation is 1. The lowest BCUT2D eigenvalue weighted by Crippen LogP contribution is -3.13. The minimum atomic E-state index is 0.238. The van der Waals surface area contributed by atoms with Crippen molar-refractivity contribution in [2.24, 2.45) is 0 Å².